The molecule has 6 heteroatoms. The first-order valence-electron chi connectivity index (χ1n) is 8.96. The van der Waals surface area contributed by atoms with Gasteiger partial charge in [0, 0.05) is 45.6 Å². The third-order valence-electron chi connectivity index (χ3n) is 4.56. The second-order valence-electron chi connectivity index (χ2n) is 6.54. The van der Waals surface area contributed by atoms with Gasteiger partial charge in [0.05, 0.1) is 19.4 Å². The SMILES string of the molecule is Cn1ccc(CC(=O)N2CCN(C(=O)CCOc3ccccc3)CC2)c1. The molecule has 138 valence electrons. The number of carbonyl (C=O) groups excluding carboxylic acids is 2. The van der Waals surface area contributed by atoms with Gasteiger partial charge >= 0.3 is 0 Å². The van der Waals surface area contributed by atoms with E-state index in [1.54, 1.807) is 0 Å². The third-order valence-corrected chi connectivity index (χ3v) is 4.56. The second-order valence-corrected chi connectivity index (χ2v) is 6.54. The molecule has 0 unspecified atom stereocenters. The summed E-state index contributed by atoms with van der Waals surface area (Å²) in [5.74, 6) is 0.975. The molecule has 0 radical (unpaired) electrons. The van der Waals surface area contributed by atoms with Crippen LogP contribution in [0, 0.1) is 0 Å². The molecule has 0 bridgehead atoms. The van der Waals surface area contributed by atoms with Crippen molar-refractivity contribution in [2.24, 2.45) is 7.05 Å². The number of nitrogens with zero attached hydrogens (tertiary/aromatic N) is 3. The lowest BCUT2D eigenvalue weighted by molar-refractivity contribution is -0.139. The zero-order valence-corrected chi connectivity index (χ0v) is 15.1. The van der Waals surface area contributed by atoms with Crippen molar-refractivity contribution in [3.63, 3.8) is 0 Å². The third kappa shape index (κ3) is 4.88. The number of carbonyl (C=O) groups is 2. The van der Waals surface area contributed by atoms with E-state index in [2.05, 4.69) is 0 Å². The van der Waals surface area contributed by atoms with Gasteiger partial charge < -0.3 is 19.1 Å². The predicted molar refractivity (Wildman–Crippen MR) is 98.8 cm³/mol. The Hall–Kier alpha value is -2.76. The van der Waals surface area contributed by atoms with E-state index in [-0.39, 0.29) is 11.8 Å². The lowest BCUT2D eigenvalue weighted by Gasteiger charge is -2.34. The Bertz CT molecular complexity index is 734. The second kappa shape index (κ2) is 8.56. The first-order chi connectivity index (χ1) is 12.6. The average Bonchev–Trinajstić information content (AvgIpc) is 3.07. The van der Waals surface area contributed by atoms with Gasteiger partial charge in [0.2, 0.25) is 11.8 Å². The summed E-state index contributed by atoms with van der Waals surface area (Å²) in [4.78, 5) is 28.3. The lowest BCUT2D eigenvalue weighted by Crippen LogP contribution is -2.51. The maximum Gasteiger partial charge on any atom is 0.227 e. The van der Waals surface area contributed by atoms with Gasteiger partial charge in [-0.15, -0.1) is 0 Å². The molecule has 1 aromatic heterocycles. The minimum atomic E-state index is 0.0797. The van der Waals surface area contributed by atoms with Gasteiger partial charge in [0.25, 0.3) is 0 Å². The first kappa shape index (κ1) is 18.0. The maximum atomic E-state index is 12.4. The summed E-state index contributed by atoms with van der Waals surface area (Å²) in [5.41, 5.74) is 1.02. The summed E-state index contributed by atoms with van der Waals surface area (Å²) in [6.07, 6.45) is 4.67. The van der Waals surface area contributed by atoms with Crippen molar-refractivity contribution in [1.29, 1.82) is 0 Å². The molecular formula is C20H25N3O3. The normalized spacial score (nSPS) is 14.3. The van der Waals surface area contributed by atoms with Crippen LogP contribution in [0.3, 0.4) is 0 Å². The highest BCUT2D eigenvalue weighted by molar-refractivity contribution is 5.80. The molecule has 0 aliphatic carbocycles. The summed E-state index contributed by atoms with van der Waals surface area (Å²) in [6, 6.07) is 11.5. The Morgan fingerprint density at radius 1 is 0.962 bits per heavy atom. The van der Waals surface area contributed by atoms with Crippen LogP contribution in [0.15, 0.2) is 48.8 Å². The molecule has 0 saturated carbocycles. The van der Waals surface area contributed by atoms with Gasteiger partial charge in [-0.25, -0.2) is 0 Å². The summed E-state index contributed by atoms with van der Waals surface area (Å²) in [6.45, 7) is 2.74. The molecule has 1 aliphatic rings. The molecule has 2 aromatic rings. The highest BCUT2D eigenvalue weighted by Crippen LogP contribution is 2.11. The number of hydrogen-bond donors (Lipinski definition) is 0. The standard InChI is InChI=1S/C20H25N3O3/c1-21-9-7-17(16-21)15-20(25)23-12-10-22(11-13-23)19(24)8-14-26-18-5-3-2-4-6-18/h2-7,9,16H,8,10-15H2,1H3. The Labute approximate surface area is 154 Å². The van der Waals surface area contributed by atoms with Crippen molar-refractivity contribution in [2.75, 3.05) is 32.8 Å². The highest BCUT2D eigenvalue weighted by atomic mass is 16.5. The maximum absolute atomic E-state index is 12.4. The number of piperazine rings is 1. The zero-order valence-electron chi connectivity index (χ0n) is 15.1. The van der Waals surface area contributed by atoms with E-state index in [0.717, 1.165) is 11.3 Å². The molecule has 1 saturated heterocycles. The number of aryl methyl sites for hydroxylation is 1. The fourth-order valence-corrected chi connectivity index (χ4v) is 3.09. The van der Waals surface area contributed by atoms with E-state index in [1.165, 1.54) is 0 Å². The molecule has 6 nitrogen and oxygen atoms in total. The molecule has 1 aromatic carbocycles. The molecule has 0 spiro atoms. The number of rotatable bonds is 6. The van der Waals surface area contributed by atoms with Crippen LogP contribution in [0.25, 0.3) is 0 Å². The van der Waals surface area contributed by atoms with E-state index < -0.39 is 0 Å². The van der Waals surface area contributed by atoms with Gasteiger partial charge in [-0.2, -0.15) is 0 Å². The topological polar surface area (TPSA) is 54.8 Å². The number of ether oxygens (including phenoxy) is 1. The van der Waals surface area contributed by atoms with Crippen molar-refractivity contribution in [3.05, 3.63) is 54.4 Å². The van der Waals surface area contributed by atoms with Crippen molar-refractivity contribution in [2.45, 2.75) is 12.8 Å². The van der Waals surface area contributed by atoms with Crippen LogP contribution >= 0.6 is 0 Å². The largest absolute Gasteiger partial charge is 0.493 e. The van der Waals surface area contributed by atoms with Crippen LogP contribution in [0.2, 0.25) is 0 Å². The Balaban J connectivity index is 1.38. The van der Waals surface area contributed by atoms with Crippen LogP contribution in [0.4, 0.5) is 0 Å². The van der Waals surface area contributed by atoms with Gasteiger partial charge in [0.15, 0.2) is 0 Å². The van der Waals surface area contributed by atoms with Crippen LogP contribution in [-0.2, 0) is 23.1 Å². The average molecular weight is 355 g/mol. The van der Waals surface area contributed by atoms with E-state index >= 15 is 0 Å². The molecule has 1 fully saturated rings. The zero-order chi connectivity index (χ0) is 18.4. The highest BCUT2D eigenvalue weighted by Gasteiger charge is 2.24. The fourth-order valence-electron chi connectivity index (χ4n) is 3.09. The van der Waals surface area contributed by atoms with Crippen molar-refractivity contribution < 1.29 is 14.3 Å². The number of benzene rings is 1. The van der Waals surface area contributed by atoms with Crippen molar-refractivity contribution in [1.82, 2.24) is 14.4 Å². The molecule has 26 heavy (non-hydrogen) atoms. The molecular weight excluding hydrogens is 330 g/mol. The van der Waals surface area contributed by atoms with Crippen molar-refractivity contribution >= 4 is 11.8 Å². The van der Waals surface area contributed by atoms with Crippen LogP contribution in [0.1, 0.15) is 12.0 Å². The Kier molecular flexibility index (Phi) is 5.94. The molecule has 0 N–H and O–H groups in total. The minimum Gasteiger partial charge on any atom is -0.493 e. The minimum absolute atomic E-state index is 0.0797. The van der Waals surface area contributed by atoms with E-state index in [9.17, 15) is 9.59 Å². The number of para-hydroxylation sites is 1. The molecule has 2 heterocycles. The van der Waals surface area contributed by atoms with Gasteiger partial charge in [-0.3, -0.25) is 9.59 Å². The smallest absolute Gasteiger partial charge is 0.227 e. The first-order valence-corrected chi connectivity index (χ1v) is 8.96. The summed E-state index contributed by atoms with van der Waals surface area (Å²) < 4.78 is 7.52. The van der Waals surface area contributed by atoms with Gasteiger partial charge in [0.1, 0.15) is 5.75 Å². The summed E-state index contributed by atoms with van der Waals surface area (Å²) >= 11 is 0. The molecule has 1 aliphatic heterocycles. The monoisotopic (exact) mass is 355 g/mol. The molecule has 3 rings (SSSR count). The summed E-state index contributed by atoms with van der Waals surface area (Å²) in [5, 5.41) is 0. The Morgan fingerprint density at radius 3 is 2.23 bits per heavy atom. The molecule has 2 amide bonds. The van der Waals surface area contributed by atoms with E-state index in [0.29, 0.717) is 45.6 Å². The quantitative estimate of drug-likeness (QED) is 0.793. The van der Waals surface area contributed by atoms with E-state index in [1.807, 2.05) is 70.2 Å². The van der Waals surface area contributed by atoms with E-state index in [4.69, 9.17) is 4.74 Å². The van der Waals surface area contributed by atoms with Gasteiger partial charge in [-0.1, -0.05) is 18.2 Å². The van der Waals surface area contributed by atoms with Crippen LogP contribution in [0.5, 0.6) is 5.75 Å². The predicted octanol–water partition coefficient (Wildman–Crippen LogP) is 1.71. The van der Waals surface area contributed by atoms with Crippen LogP contribution < -0.4 is 4.74 Å². The lowest BCUT2D eigenvalue weighted by atomic mass is 10.2. The number of amides is 2. The number of aromatic nitrogens is 1. The molecule has 0 atom stereocenters. The van der Waals surface area contributed by atoms with Crippen molar-refractivity contribution in [3.8, 4) is 5.75 Å². The van der Waals surface area contributed by atoms with Crippen LogP contribution in [-0.4, -0.2) is 59.0 Å². The summed E-state index contributed by atoms with van der Waals surface area (Å²) in [7, 11) is 1.94. The fraction of sp³-hybridized carbons (Fsp3) is 0.400. The van der Waals surface area contributed by atoms with Gasteiger partial charge in [-0.05, 0) is 23.8 Å². The number of hydrogen-bond acceptors (Lipinski definition) is 3. The Morgan fingerprint density at radius 2 is 1.62 bits per heavy atom.